The smallest absolute Gasteiger partial charge is 0.226 e. The quantitative estimate of drug-likeness (QED) is 0.444. The largest absolute Gasteiger partial charge is 0.302 e. The predicted octanol–water partition coefficient (Wildman–Crippen LogP) is 5.96. The van der Waals surface area contributed by atoms with E-state index in [1.807, 2.05) is 0 Å². The molecule has 0 unspecified atom stereocenters. The van der Waals surface area contributed by atoms with Crippen molar-refractivity contribution in [2.24, 2.45) is 0 Å². The van der Waals surface area contributed by atoms with Crippen molar-refractivity contribution < 1.29 is 13.2 Å². The molecular formula is C19H15Cl3N2O3S2. The minimum absolute atomic E-state index is 0.0552. The summed E-state index contributed by atoms with van der Waals surface area (Å²) < 4.78 is 24.6. The van der Waals surface area contributed by atoms with Gasteiger partial charge in [-0.3, -0.25) is 4.79 Å². The molecule has 152 valence electrons. The van der Waals surface area contributed by atoms with Crippen LogP contribution in [0.25, 0.3) is 11.3 Å². The van der Waals surface area contributed by atoms with Gasteiger partial charge in [-0.25, -0.2) is 13.4 Å². The van der Waals surface area contributed by atoms with Crippen LogP contribution in [0.1, 0.15) is 12.8 Å². The van der Waals surface area contributed by atoms with Crippen LogP contribution in [0.4, 0.5) is 5.13 Å². The van der Waals surface area contributed by atoms with E-state index in [0.717, 1.165) is 0 Å². The van der Waals surface area contributed by atoms with E-state index in [-0.39, 0.29) is 29.4 Å². The Hall–Kier alpha value is -1.64. The standard InChI is InChI=1S/C19H15Cl3N2O3S2/c20-12-3-6-14(7-4-12)29(26,27)9-1-2-18(25)24-19-23-17(11-28-19)15-10-13(21)5-8-16(15)22/h3-8,10-11H,1-2,9H2,(H,23,24,25). The van der Waals surface area contributed by atoms with Gasteiger partial charge in [-0.15, -0.1) is 11.3 Å². The van der Waals surface area contributed by atoms with Crippen LogP contribution < -0.4 is 5.32 Å². The zero-order valence-corrected chi connectivity index (χ0v) is 18.8. The Morgan fingerprint density at radius 1 is 1.03 bits per heavy atom. The Balaban J connectivity index is 1.56. The minimum Gasteiger partial charge on any atom is -0.302 e. The number of benzene rings is 2. The van der Waals surface area contributed by atoms with Crippen LogP contribution in [0, 0.1) is 0 Å². The molecule has 0 radical (unpaired) electrons. The van der Waals surface area contributed by atoms with Gasteiger partial charge in [-0.05, 0) is 48.9 Å². The van der Waals surface area contributed by atoms with Crippen LogP contribution in [-0.4, -0.2) is 25.1 Å². The van der Waals surface area contributed by atoms with Crippen molar-refractivity contribution in [3.05, 3.63) is 62.9 Å². The third-order valence-corrected chi connectivity index (χ3v) is 7.34. The van der Waals surface area contributed by atoms with Crippen LogP contribution in [0.2, 0.25) is 15.1 Å². The molecule has 10 heteroatoms. The number of hydrogen-bond donors (Lipinski definition) is 1. The summed E-state index contributed by atoms with van der Waals surface area (Å²) in [7, 11) is -3.47. The maximum absolute atomic E-state index is 12.3. The number of nitrogens with one attached hydrogen (secondary N) is 1. The zero-order valence-electron chi connectivity index (χ0n) is 14.9. The van der Waals surface area contributed by atoms with E-state index < -0.39 is 9.84 Å². The molecule has 0 aliphatic carbocycles. The molecule has 0 saturated carbocycles. The van der Waals surface area contributed by atoms with Crippen molar-refractivity contribution in [1.82, 2.24) is 4.98 Å². The number of hydrogen-bond acceptors (Lipinski definition) is 5. The van der Waals surface area contributed by atoms with E-state index >= 15 is 0 Å². The number of amides is 1. The third-order valence-electron chi connectivity index (χ3n) is 3.94. The lowest BCUT2D eigenvalue weighted by Gasteiger charge is -2.05. The molecule has 0 atom stereocenters. The Labute approximate surface area is 187 Å². The molecule has 1 N–H and O–H groups in total. The highest BCUT2D eigenvalue weighted by molar-refractivity contribution is 7.91. The van der Waals surface area contributed by atoms with Gasteiger partial charge in [0.25, 0.3) is 0 Å². The fraction of sp³-hybridized carbons (Fsp3) is 0.158. The lowest BCUT2D eigenvalue weighted by atomic mass is 10.2. The first kappa shape index (κ1) is 22.1. The van der Waals surface area contributed by atoms with Gasteiger partial charge in [0.15, 0.2) is 15.0 Å². The fourth-order valence-corrected chi connectivity index (χ4v) is 5.06. The van der Waals surface area contributed by atoms with Gasteiger partial charge in [0.2, 0.25) is 5.91 Å². The Morgan fingerprint density at radius 2 is 1.72 bits per heavy atom. The van der Waals surface area contributed by atoms with E-state index in [1.54, 1.807) is 23.6 Å². The van der Waals surface area contributed by atoms with E-state index in [2.05, 4.69) is 10.3 Å². The van der Waals surface area contributed by atoms with Gasteiger partial charge in [-0.1, -0.05) is 34.8 Å². The summed E-state index contributed by atoms with van der Waals surface area (Å²) in [5.41, 5.74) is 1.27. The SMILES string of the molecule is O=C(CCCS(=O)(=O)c1ccc(Cl)cc1)Nc1nc(-c2cc(Cl)ccc2Cl)cs1. The van der Waals surface area contributed by atoms with Gasteiger partial charge in [-0.2, -0.15) is 0 Å². The average molecular weight is 490 g/mol. The molecule has 2 aromatic carbocycles. The minimum atomic E-state index is -3.47. The van der Waals surface area contributed by atoms with Crippen LogP contribution >= 0.6 is 46.1 Å². The van der Waals surface area contributed by atoms with Crippen LogP contribution in [0.5, 0.6) is 0 Å². The molecular weight excluding hydrogens is 475 g/mol. The van der Waals surface area contributed by atoms with E-state index in [1.165, 1.54) is 35.6 Å². The normalized spacial score (nSPS) is 11.4. The number of nitrogens with zero attached hydrogens (tertiary/aromatic N) is 1. The second-order valence-corrected chi connectivity index (χ2v) is 10.3. The second kappa shape index (κ2) is 9.45. The van der Waals surface area contributed by atoms with Gasteiger partial charge < -0.3 is 5.32 Å². The first-order chi connectivity index (χ1) is 13.7. The highest BCUT2D eigenvalue weighted by atomic mass is 35.5. The predicted molar refractivity (Wildman–Crippen MR) is 119 cm³/mol. The first-order valence-electron chi connectivity index (χ1n) is 8.44. The lowest BCUT2D eigenvalue weighted by molar-refractivity contribution is -0.116. The monoisotopic (exact) mass is 488 g/mol. The number of sulfone groups is 1. The van der Waals surface area contributed by atoms with Crippen molar-refractivity contribution in [2.45, 2.75) is 17.7 Å². The van der Waals surface area contributed by atoms with Crippen molar-refractivity contribution in [1.29, 1.82) is 0 Å². The van der Waals surface area contributed by atoms with Crippen molar-refractivity contribution in [3.8, 4) is 11.3 Å². The van der Waals surface area contributed by atoms with Gasteiger partial charge in [0.05, 0.1) is 21.4 Å². The molecule has 0 aliphatic heterocycles. The summed E-state index contributed by atoms with van der Waals surface area (Å²) in [6.45, 7) is 0. The Kier molecular flexibility index (Phi) is 7.19. The molecule has 1 aromatic heterocycles. The number of carbonyl (C=O) groups excluding carboxylic acids is 1. The molecule has 1 amide bonds. The van der Waals surface area contributed by atoms with Gasteiger partial charge in [0.1, 0.15) is 0 Å². The topological polar surface area (TPSA) is 76.1 Å². The molecule has 0 bridgehead atoms. The molecule has 0 fully saturated rings. The summed E-state index contributed by atoms with van der Waals surface area (Å²) in [4.78, 5) is 16.7. The number of thiazole rings is 1. The molecule has 0 spiro atoms. The number of rotatable bonds is 7. The number of anilines is 1. The molecule has 0 saturated heterocycles. The van der Waals surface area contributed by atoms with Crippen molar-refractivity contribution in [3.63, 3.8) is 0 Å². The van der Waals surface area contributed by atoms with Crippen LogP contribution in [0.3, 0.4) is 0 Å². The Morgan fingerprint density at radius 3 is 2.45 bits per heavy atom. The summed E-state index contributed by atoms with van der Waals surface area (Å²) in [6, 6.07) is 11.0. The average Bonchev–Trinajstić information content (AvgIpc) is 3.12. The maximum atomic E-state index is 12.3. The van der Waals surface area contributed by atoms with Gasteiger partial charge >= 0.3 is 0 Å². The highest BCUT2D eigenvalue weighted by Crippen LogP contribution is 2.32. The van der Waals surface area contributed by atoms with E-state index in [4.69, 9.17) is 34.8 Å². The van der Waals surface area contributed by atoms with E-state index in [9.17, 15) is 13.2 Å². The molecule has 1 heterocycles. The molecule has 5 nitrogen and oxygen atoms in total. The van der Waals surface area contributed by atoms with Gasteiger partial charge in [0, 0.05) is 27.4 Å². The van der Waals surface area contributed by atoms with Crippen molar-refractivity contribution in [2.75, 3.05) is 11.1 Å². The first-order valence-corrected chi connectivity index (χ1v) is 12.1. The molecule has 3 aromatic rings. The third kappa shape index (κ3) is 5.93. The van der Waals surface area contributed by atoms with Crippen molar-refractivity contribution >= 4 is 67.0 Å². The summed E-state index contributed by atoms with van der Waals surface area (Å²) in [5.74, 6) is -0.446. The summed E-state index contributed by atoms with van der Waals surface area (Å²) >= 11 is 19.2. The fourth-order valence-electron chi connectivity index (χ4n) is 2.51. The lowest BCUT2D eigenvalue weighted by Crippen LogP contribution is -2.14. The number of carbonyl (C=O) groups is 1. The zero-order chi connectivity index (χ0) is 21.0. The summed E-state index contributed by atoms with van der Waals surface area (Å²) in [5, 5.41) is 6.35. The second-order valence-electron chi connectivity index (χ2n) is 6.09. The highest BCUT2D eigenvalue weighted by Gasteiger charge is 2.16. The number of halogens is 3. The molecule has 29 heavy (non-hydrogen) atoms. The van der Waals surface area contributed by atoms with Crippen LogP contribution in [-0.2, 0) is 14.6 Å². The maximum Gasteiger partial charge on any atom is 0.226 e. The van der Waals surface area contributed by atoms with E-state index in [0.29, 0.717) is 31.5 Å². The molecule has 3 rings (SSSR count). The Bertz CT molecular complexity index is 1130. The van der Waals surface area contributed by atoms with Crippen LogP contribution in [0.15, 0.2) is 52.7 Å². The summed E-state index contributed by atoms with van der Waals surface area (Å²) in [6.07, 6.45) is 0.245. The number of aromatic nitrogens is 1. The molecule has 0 aliphatic rings.